The van der Waals surface area contributed by atoms with Gasteiger partial charge in [-0.3, -0.25) is 14.4 Å². The van der Waals surface area contributed by atoms with Crippen LogP contribution in [0, 0.1) is 11.8 Å². The minimum atomic E-state index is -1.11. The van der Waals surface area contributed by atoms with Crippen LogP contribution in [0.15, 0.2) is 18.2 Å². The van der Waals surface area contributed by atoms with Crippen LogP contribution in [0.4, 0.5) is 4.79 Å². The maximum atomic E-state index is 12.6. The molecule has 0 saturated heterocycles. The quantitative estimate of drug-likeness (QED) is 0.262. The average Bonchev–Trinajstić information content (AvgIpc) is 2.82. The van der Waals surface area contributed by atoms with Gasteiger partial charge in [0, 0.05) is 6.54 Å². The van der Waals surface area contributed by atoms with E-state index in [1.807, 2.05) is 13.8 Å². The van der Waals surface area contributed by atoms with E-state index in [0.717, 1.165) is 12.8 Å². The molecule has 1 aromatic rings. The number of methoxy groups -OCH3 is 1. The van der Waals surface area contributed by atoms with Gasteiger partial charge in [-0.05, 0) is 43.9 Å². The summed E-state index contributed by atoms with van der Waals surface area (Å²) in [6, 6.07) is 3.61. The smallest absolute Gasteiger partial charge is 0.480 e. The third-order valence-electron chi connectivity index (χ3n) is 5.53. The molecule has 1 aromatic carbocycles. The Balaban J connectivity index is 3.10. The zero-order chi connectivity index (χ0) is 27.3. The van der Waals surface area contributed by atoms with Gasteiger partial charge in [-0.15, -0.1) is 0 Å². The van der Waals surface area contributed by atoms with E-state index in [0.29, 0.717) is 18.4 Å². The number of hydrogen-bond donors (Lipinski definition) is 2. The molecule has 0 aliphatic rings. The Kier molecular flexibility index (Phi) is 13.5. The molecule has 2 N–H and O–H groups in total. The summed E-state index contributed by atoms with van der Waals surface area (Å²) < 4.78 is 20.5. The molecular weight excluding hydrogens is 470 g/mol. The van der Waals surface area contributed by atoms with Gasteiger partial charge in [-0.25, -0.2) is 4.79 Å². The molecule has 0 aromatic heterocycles. The van der Waals surface area contributed by atoms with E-state index >= 15 is 0 Å². The monoisotopic (exact) mass is 509 g/mol. The van der Waals surface area contributed by atoms with Crippen molar-refractivity contribution in [1.29, 1.82) is 0 Å². The van der Waals surface area contributed by atoms with Gasteiger partial charge in [0.05, 0.1) is 18.9 Å². The van der Waals surface area contributed by atoms with Crippen LogP contribution in [0.3, 0.4) is 0 Å². The van der Waals surface area contributed by atoms with Crippen molar-refractivity contribution in [2.75, 3.05) is 13.7 Å². The highest BCUT2D eigenvalue weighted by atomic mass is 16.7. The highest BCUT2D eigenvalue weighted by molar-refractivity contribution is 5.78. The summed E-state index contributed by atoms with van der Waals surface area (Å²) in [5, 5.41) is 12.5. The van der Waals surface area contributed by atoms with Gasteiger partial charge in [-0.2, -0.15) is 0 Å². The second-order valence-corrected chi connectivity index (χ2v) is 8.89. The molecule has 0 aliphatic carbocycles. The van der Waals surface area contributed by atoms with Gasteiger partial charge in [0.25, 0.3) is 0 Å². The largest absolute Gasteiger partial charge is 0.508 e. The van der Waals surface area contributed by atoms with Crippen LogP contribution in [0.5, 0.6) is 11.5 Å². The molecule has 0 radical (unpaired) electrons. The fourth-order valence-corrected chi connectivity index (χ4v) is 3.41. The van der Waals surface area contributed by atoms with Crippen LogP contribution in [0.2, 0.25) is 0 Å². The molecule has 0 amide bonds. The normalized spacial score (nSPS) is 14.2. The summed E-state index contributed by atoms with van der Waals surface area (Å²) in [4.78, 5) is 48.1. The van der Waals surface area contributed by atoms with E-state index in [9.17, 15) is 24.3 Å². The van der Waals surface area contributed by atoms with Crippen molar-refractivity contribution < 1.29 is 43.2 Å². The Morgan fingerprint density at radius 2 is 1.47 bits per heavy atom. The van der Waals surface area contributed by atoms with Crippen molar-refractivity contribution in [2.45, 2.75) is 78.9 Å². The lowest BCUT2D eigenvalue weighted by atomic mass is 10.0. The van der Waals surface area contributed by atoms with E-state index in [4.69, 9.17) is 14.2 Å². The van der Waals surface area contributed by atoms with E-state index in [-0.39, 0.29) is 36.3 Å². The average molecular weight is 510 g/mol. The fourth-order valence-electron chi connectivity index (χ4n) is 3.41. The van der Waals surface area contributed by atoms with Crippen LogP contribution in [-0.4, -0.2) is 55.0 Å². The molecule has 0 fully saturated rings. The molecular formula is C26H39NO9. The van der Waals surface area contributed by atoms with Crippen LogP contribution in [0.25, 0.3) is 0 Å². The van der Waals surface area contributed by atoms with Gasteiger partial charge in [0.2, 0.25) is 0 Å². The van der Waals surface area contributed by atoms with E-state index in [1.54, 1.807) is 26.8 Å². The molecule has 36 heavy (non-hydrogen) atoms. The topological polar surface area (TPSA) is 137 Å². The second kappa shape index (κ2) is 15.8. The number of carbonyl (C=O) groups excluding carboxylic acids is 3. The number of carbonyl (C=O) groups is 4. The Bertz CT molecular complexity index is 886. The van der Waals surface area contributed by atoms with Crippen molar-refractivity contribution in [3.05, 3.63) is 23.8 Å². The number of benzene rings is 1. The SMILES string of the molecule is CCCC(C)C(=O)Oc1ccc(C[C@H](NCC(C)OC(=O)OC)C(=O)O)cc1OC(=O)C(C)CCC. The Labute approximate surface area is 212 Å². The van der Waals surface area contributed by atoms with Crippen molar-refractivity contribution in [2.24, 2.45) is 11.8 Å². The van der Waals surface area contributed by atoms with Crippen LogP contribution in [0.1, 0.15) is 65.9 Å². The van der Waals surface area contributed by atoms with E-state index in [1.165, 1.54) is 19.2 Å². The highest BCUT2D eigenvalue weighted by Gasteiger charge is 2.24. The minimum Gasteiger partial charge on any atom is -0.480 e. The second-order valence-electron chi connectivity index (χ2n) is 8.89. The third-order valence-corrected chi connectivity index (χ3v) is 5.53. The first-order chi connectivity index (χ1) is 17.0. The Morgan fingerprint density at radius 3 is 1.97 bits per heavy atom. The number of hydrogen-bond acceptors (Lipinski definition) is 9. The summed E-state index contributed by atoms with van der Waals surface area (Å²) in [6.07, 6.45) is 1.47. The van der Waals surface area contributed by atoms with E-state index in [2.05, 4.69) is 10.1 Å². The summed E-state index contributed by atoms with van der Waals surface area (Å²) in [5.74, 6) is -2.53. The molecule has 10 heteroatoms. The predicted molar refractivity (Wildman–Crippen MR) is 132 cm³/mol. The van der Waals surface area contributed by atoms with Crippen molar-refractivity contribution in [1.82, 2.24) is 5.32 Å². The first kappa shape index (κ1) is 30.9. The molecule has 10 nitrogen and oxygen atoms in total. The molecule has 1 rings (SSSR count). The summed E-state index contributed by atoms with van der Waals surface area (Å²) in [6.45, 7) is 9.13. The number of esters is 2. The molecule has 0 bridgehead atoms. The summed E-state index contributed by atoms with van der Waals surface area (Å²) in [7, 11) is 1.18. The summed E-state index contributed by atoms with van der Waals surface area (Å²) >= 11 is 0. The van der Waals surface area contributed by atoms with Gasteiger partial charge in [-0.1, -0.05) is 46.6 Å². The zero-order valence-corrected chi connectivity index (χ0v) is 22.0. The Morgan fingerprint density at radius 1 is 0.917 bits per heavy atom. The lowest BCUT2D eigenvalue weighted by molar-refractivity contribution is -0.141. The first-order valence-electron chi connectivity index (χ1n) is 12.3. The molecule has 0 saturated carbocycles. The standard InChI is InChI=1S/C26H39NO9/c1-7-9-16(3)24(30)35-21-12-11-19(14-22(21)36-25(31)17(4)10-8-2)13-20(23(28)29)27-15-18(5)34-26(32)33-6/h11-12,14,16-18,20,27H,7-10,13,15H2,1-6H3,(H,28,29)/t16?,17?,18?,20-/m0/s1. The number of carboxylic acids is 1. The Hall–Kier alpha value is -3.14. The number of ether oxygens (including phenoxy) is 4. The number of carboxylic acid groups (broad SMARTS) is 1. The van der Waals surface area contributed by atoms with Crippen molar-refractivity contribution in [3.8, 4) is 11.5 Å². The number of aliphatic carboxylic acids is 1. The number of rotatable bonds is 15. The van der Waals surface area contributed by atoms with Crippen LogP contribution < -0.4 is 14.8 Å². The maximum Gasteiger partial charge on any atom is 0.508 e. The van der Waals surface area contributed by atoms with Crippen molar-refractivity contribution in [3.63, 3.8) is 0 Å². The molecule has 4 atom stereocenters. The first-order valence-corrected chi connectivity index (χ1v) is 12.3. The molecule has 0 heterocycles. The molecule has 0 spiro atoms. The van der Waals surface area contributed by atoms with Crippen LogP contribution in [-0.2, 0) is 30.3 Å². The van der Waals surface area contributed by atoms with Crippen LogP contribution >= 0.6 is 0 Å². The fraction of sp³-hybridized carbons (Fsp3) is 0.615. The zero-order valence-electron chi connectivity index (χ0n) is 22.0. The summed E-state index contributed by atoms with van der Waals surface area (Å²) in [5.41, 5.74) is 0.545. The minimum absolute atomic E-state index is 0.0375. The van der Waals surface area contributed by atoms with Gasteiger partial charge in [0.15, 0.2) is 11.5 Å². The third kappa shape index (κ3) is 10.6. The van der Waals surface area contributed by atoms with Gasteiger partial charge < -0.3 is 29.4 Å². The van der Waals surface area contributed by atoms with Gasteiger partial charge in [0.1, 0.15) is 12.1 Å². The lowest BCUT2D eigenvalue weighted by Crippen LogP contribution is -2.42. The van der Waals surface area contributed by atoms with Gasteiger partial charge >= 0.3 is 24.1 Å². The van der Waals surface area contributed by atoms with Crippen molar-refractivity contribution >= 4 is 24.1 Å². The molecule has 0 aliphatic heterocycles. The highest BCUT2D eigenvalue weighted by Crippen LogP contribution is 2.31. The lowest BCUT2D eigenvalue weighted by Gasteiger charge is -2.19. The molecule has 202 valence electrons. The molecule has 3 unspecified atom stereocenters. The van der Waals surface area contributed by atoms with E-state index < -0.39 is 36.2 Å². The number of nitrogens with one attached hydrogen (secondary N) is 1. The maximum absolute atomic E-state index is 12.6. The predicted octanol–water partition coefficient (Wildman–Crippen LogP) is 4.13.